The van der Waals surface area contributed by atoms with Crippen LogP contribution in [0.4, 0.5) is 0 Å². The van der Waals surface area contributed by atoms with E-state index in [4.69, 9.17) is 9.15 Å². The van der Waals surface area contributed by atoms with E-state index in [9.17, 15) is 9.90 Å². The molecule has 1 amide bonds. The number of hydrogen-bond donors (Lipinski definition) is 1. The lowest BCUT2D eigenvalue weighted by Crippen LogP contribution is -2.44. The van der Waals surface area contributed by atoms with Crippen LogP contribution >= 0.6 is 0 Å². The monoisotopic (exact) mass is 371 g/mol. The van der Waals surface area contributed by atoms with Crippen molar-refractivity contribution in [2.75, 3.05) is 33.4 Å². The molecule has 1 aliphatic heterocycles. The molecule has 1 N–H and O–H groups in total. The second kappa shape index (κ2) is 8.72. The van der Waals surface area contributed by atoms with Crippen molar-refractivity contribution in [1.29, 1.82) is 0 Å². The maximum atomic E-state index is 12.5. The Hall–Kier alpha value is -2.11. The molecule has 0 unspecified atom stereocenters. The van der Waals surface area contributed by atoms with Crippen LogP contribution in [0, 0.1) is 12.3 Å². The van der Waals surface area contributed by atoms with Crippen molar-refractivity contribution in [3.05, 3.63) is 47.7 Å². The molecule has 1 fully saturated rings. The van der Waals surface area contributed by atoms with Crippen LogP contribution in [-0.4, -0.2) is 49.3 Å². The van der Waals surface area contributed by atoms with Gasteiger partial charge in [0, 0.05) is 50.6 Å². The second-order valence-electron chi connectivity index (χ2n) is 7.65. The molecule has 0 spiro atoms. The zero-order valence-corrected chi connectivity index (χ0v) is 16.2. The van der Waals surface area contributed by atoms with E-state index in [-0.39, 0.29) is 17.9 Å². The largest absolute Gasteiger partial charge is 0.461 e. The van der Waals surface area contributed by atoms with Crippen molar-refractivity contribution in [3.63, 3.8) is 0 Å². The fraction of sp³-hybridized carbons (Fsp3) is 0.500. The van der Waals surface area contributed by atoms with Crippen molar-refractivity contribution in [2.24, 2.45) is 5.41 Å². The van der Waals surface area contributed by atoms with Gasteiger partial charge in [-0.25, -0.2) is 0 Å². The summed E-state index contributed by atoms with van der Waals surface area (Å²) in [6, 6.07) is 12.1. The topological polar surface area (TPSA) is 62.9 Å². The summed E-state index contributed by atoms with van der Waals surface area (Å²) in [4.78, 5) is 14.3. The zero-order valence-electron chi connectivity index (χ0n) is 16.2. The minimum absolute atomic E-state index is 0.0719. The van der Waals surface area contributed by atoms with Gasteiger partial charge in [-0.05, 0) is 31.9 Å². The van der Waals surface area contributed by atoms with Crippen molar-refractivity contribution < 1.29 is 19.1 Å². The number of benzene rings is 1. The van der Waals surface area contributed by atoms with Crippen LogP contribution in [0.5, 0.6) is 0 Å². The Labute approximate surface area is 160 Å². The number of nitrogens with zero attached hydrogens (tertiary/aromatic N) is 1. The average Bonchev–Trinajstić information content (AvgIpc) is 3.16. The summed E-state index contributed by atoms with van der Waals surface area (Å²) in [6.07, 6.45) is 2.55. The van der Waals surface area contributed by atoms with E-state index >= 15 is 0 Å². The molecular weight excluding hydrogens is 342 g/mol. The highest BCUT2D eigenvalue weighted by molar-refractivity contribution is 5.76. The van der Waals surface area contributed by atoms with Crippen LogP contribution in [0.2, 0.25) is 0 Å². The number of rotatable bonds is 7. The van der Waals surface area contributed by atoms with Crippen LogP contribution < -0.4 is 0 Å². The Morgan fingerprint density at radius 1 is 1.15 bits per heavy atom. The van der Waals surface area contributed by atoms with Gasteiger partial charge in [-0.15, -0.1) is 0 Å². The summed E-state index contributed by atoms with van der Waals surface area (Å²) in [5, 5.41) is 9.80. The summed E-state index contributed by atoms with van der Waals surface area (Å²) in [5.41, 5.74) is 2.02. The highest BCUT2D eigenvalue weighted by Crippen LogP contribution is 2.31. The maximum absolute atomic E-state index is 12.5. The van der Waals surface area contributed by atoms with Gasteiger partial charge in [-0.2, -0.15) is 0 Å². The van der Waals surface area contributed by atoms with E-state index in [0.29, 0.717) is 32.6 Å². The smallest absolute Gasteiger partial charge is 0.222 e. The second-order valence-corrected chi connectivity index (χ2v) is 7.65. The first kappa shape index (κ1) is 19.6. The SMILES string of the molecule is Cc1ccc(-c2ccc(CCC(=O)N(C)CC3(CO)CCOCC3)o2)cc1. The highest BCUT2D eigenvalue weighted by Gasteiger charge is 2.34. The lowest BCUT2D eigenvalue weighted by molar-refractivity contribution is -0.133. The van der Waals surface area contributed by atoms with E-state index in [0.717, 1.165) is 29.9 Å². The van der Waals surface area contributed by atoms with Gasteiger partial charge >= 0.3 is 0 Å². The van der Waals surface area contributed by atoms with E-state index in [2.05, 4.69) is 19.1 Å². The number of carbonyl (C=O) groups is 1. The molecule has 0 radical (unpaired) electrons. The predicted molar refractivity (Wildman–Crippen MR) is 104 cm³/mol. The van der Waals surface area contributed by atoms with Crippen molar-refractivity contribution in [3.8, 4) is 11.3 Å². The van der Waals surface area contributed by atoms with E-state index < -0.39 is 0 Å². The number of furan rings is 1. The molecule has 1 aromatic heterocycles. The minimum atomic E-state index is -0.230. The molecule has 2 heterocycles. The van der Waals surface area contributed by atoms with Gasteiger partial charge in [0.1, 0.15) is 11.5 Å². The average molecular weight is 371 g/mol. The van der Waals surface area contributed by atoms with Crippen LogP contribution in [0.3, 0.4) is 0 Å². The molecule has 0 bridgehead atoms. The van der Waals surface area contributed by atoms with Gasteiger partial charge in [-0.3, -0.25) is 4.79 Å². The highest BCUT2D eigenvalue weighted by atomic mass is 16.5. The Morgan fingerprint density at radius 3 is 2.52 bits per heavy atom. The van der Waals surface area contributed by atoms with Gasteiger partial charge in [0.05, 0.1) is 6.61 Å². The number of aliphatic hydroxyl groups is 1. The fourth-order valence-electron chi connectivity index (χ4n) is 3.57. The molecule has 3 rings (SSSR count). The number of hydrogen-bond acceptors (Lipinski definition) is 4. The third-order valence-corrected chi connectivity index (χ3v) is 5.47. The van der Waals surface area contributed by atoms with Gasteiger partial charge in [0.15, 0.2) is 0 Å². The molecule has 0 atom stereocenters. The molecule has 5 nitrogen and oxygen atoms in total. The molecule has 5 heteroatoms. The summed E-state index contributed by atoms with van der Waals surface area (Å²) in [7, 11) is 1.81. The summed E-state index contributed by atoms with van der Waals surface area (Å²) < 4.78 is 11.3. The van der Waals surface area contributed by atoms with Crippen LogP contribution in [0.1, 0.15) is 30.6 Å². The number of amides is 1. The Bertz CT molecular complexity index is 744. The molecule has 146 valence electrons. The van der Waals surface area contributed by atoms with Gasteiger partial charge in [0.2, 0.25) is 5.91 Å². The van der Waals surface area contributed by atoms with E-state index in [1.807, 2.05) is 31.3 Å². The molecule has 1 aromatic carbocycles. The van der Waals surface area contributed by atoms with Crippen LogP contribution in [0.25, 0.3) is 11.3 Å². The van der Waals surface area contributed by atoms with Crippen LogP contribution in [-0.2, 0) is 16.0 Å². The standard InChI is InChI=1S/C22H29NO4/c1-17-3-5-18(6-4-17)20-9-7-19(27-20)8-10-21(25)23(2)15-22(16-24)11-13-26-14-12-22/h3-7,9,24H,8,10-16H2,1-2H3. The third-order valence-electron chi connectivity index (χ3n) is 5.47. The number of carbonyl (C=O) groups excluding carboxylic acids is 1. The molecule has 2 aromatic rings. The first-order valence-corrected chi connectivity index (χ1v) is 9.60. The summed E-state index contributed by atoms with van der Waals surface area (Å²) in [5.74, 6) is 1.71. The molecule has 1 aliphatic rings. The van der Waals surface area contributed by atoms with E-state index in [1.54, 1.807) is 4.90 Å². The molecule has 0 aliphatic carbocycles. The summed E-state index contributed by atoms with van der Waals surface area (Å²) in [6.45, 7) is 4.01. The van der Waals surface area contributed by atoms with Crippen molar-refractivity contribution >= 4 is 5.91 Å². The Balaban J connectivity index is 1.53. The molecule has 1 saturated heterocycles. The lowest BCUT2D eigenvalue weighted by Gasteiger charge is -2.38. The third kappa shape index (κ3) is 4.99. The predicted octanol–water partition coefficient (Wildman–Crippen LogP) is 3.44. The Morgan fingerprint density at radius 2 is 1.85 bits per heavy atom. The first-order chi connectivity index (χ1) is 13.0. The lowest BCUT2D eigenvalue weighted by atomic mass is 9.80. The number of aliphatic hydroxyl groups excluding tert-OH is 1. The normalized spacial score (nSPS) is 16.3. The number of ether oxygens (including phenoxy) is 1. The molecule has 0 saturated carbocycles. The van der Waals surface area contributed by atoms with Crippen molar-refractivity contribution in [1.82, 2.24) is 4.90 Å². The molecule has 27 heavy (non-hydrogen) atoms. The summed E-state index contributed by atoms with van der Waals surface area (Å²) >= 11 is 0. The van der Waals surface area contributed by atoms with Gasteiger partial charge < -0.3 is 19.2 Å². The maximum Gasteiger partial charge on any atom is 0.222 e. The first-order valence-electron chi connectivity index (χ1n) is 9.60. The van der Waals surface area contributed by atoms with Crippen molar-refractivity contribution in [2.45, 2.75) is 32.6 Å². The number of aryl methyl sites for hydroxylation is 2. The van der Waals surface area contributed by atoms with Gasteiger partial charge in [0.25, 0.3) is 0 Å². The fourth-order valence-corrected chi connectivity index (χ4v) is 3.57. The van der Waals surface area contributed by atoms with E-state index in [1.165, 1.54) is 5.56 Å². The van der Waals surface area contributed by atoms with Crippen LogP contribution in [0.15, 0.2) is 40.8 Å². The molecular formula is C22H29NO4. The Kier molecular flexibility index (Phi) is 6.34. The minimum Gasteiger partial charge on any atom is -0.461 e. The zero-order chi connectivity index (χ0) is 19.3. The quantitative estimate of drug-likeness (QED) is 0.810. The van der Waals surface area contributed by atoms with Gasteiger partial charge in [-0.1, -0.05) is 29.8 Å².